The van der Waals surface area contributed by atoms with E-state index < -0.39 is 0 Å². The van der Waals surface area contributed by atoms with Crippen LogP contribution in [0.25, 0.3) is 0 Å². The van der Waals surface area contributed by atoms with Crippen molar-refractivity contribution in [2.75, 3.05) is 13.0 Å². The maximum absolute atomic E-state index is 5.99. The van der Waals surface area contributed by atoms with Crippen LogP contribution >= 0.6 is 27.5 Å². The molecule has 0 amide bonds. The van der Waals surface area contributed by atoms with Crippen molar-refractivity contribution < 1.29 is 4.74 Å². The second-order valence-electron chi connectivity index (χ2n) is 4.14. The van der Waals surface area contributed by atoms with E-state index in [9.17, 15) is 0 Å². The lowest BCUT2D eigenvalue weighted by Crippen LogP contribution is -2.16. The Kier molecular flexibility index (Phi) is 6.40. The summed E-state index contributed by atoms with van der Waals surface area (Å²) in [4.78, 5) is 0. The summed E-state index contributed by atoms with van der Waals surface area (Å²) in [5, 5.41) is 0. The molecule has 0 spiro atoms. The summed E-state index contributed by atoms with van der Waals surface area (Å²) in [6.07, 6.45) is 2.29. The van der Waals surface area contributed by atoms with Crippen LogP contribution in [0.5, 0.6) is 0 Å². The zero-order valence-electron chi connectivity index (χ0n) is 9.75. The van der Waals surface area contributed by atoms with Gasteiger partial charge in [-0.1, -0.05) is 28.1 Å². The lowest BCUT2D eigenvalue weighted by Gasteiger charge is -2.18. The summed E-state index contributed by atoms with van der Waals surface area (Å²) < 4.78 is 6.40. The Bertz CT molecular complexity index is 317. The summed E-state index contributed by atoms with van der Waals surface area (Å²) >= 11 is 9.47. The lowest BCUT2D eigenvalue weighted by atomic mass is 9.96. The molecule has 0 N–H and O–H groups in total. The van der Waals surface area contributed by atoms with Gasteiger partial charge in [-0.3, -0.25) is 0 Å². The highest BCUT2D eigenvalue weighted by Crippen LogP contribution is 2.19. The number of alkyl halides is 1. The first-order valence-corrected chi connectivity index (χ1v) is 6.81. The predicted molar refractivity (Wildman–Crippen MR) is 73.1 cm³/mol. The third-order valence-electron chi connectivity index (χ3n) is 2.70. The van der Waals surface area contributed by atoms with Gasteiger partial charge in [0.2, 0.25) is 0 Å². The smallest absolute Gasteiger partial charge is 0.0546 e. The quantitative estimate of drug-likeness (QED) is 0.713. The lowest BCUT2D eigenvalue weighted by molar-refractivity contribution is 0.0978. The first-order chi connectivity index (χ1) is 7.65. The summed E-state index contributed by atoms with van der Waals surface area (Å²) in [6.45, 7) is 2.08. The minimum absolute atomic E-state index is 0.274. The van der Waals surface area contributed by atoms with E-state index >= 15 is 0 Å². The number of hydrogen-bond acceptors (Lipinski definition) is 1. The van der Waals surface area contributed by atoms with Crippen molar-refractivity contribution in [2.24, 2.45) is 5.92 Å². The minimum Gasteiger partial charge on any atom is -0.382 e. The van der Waals surface area contributed by atoms with E-state index in [0.717, 1.165) is 17.3 Å². The van der Waals surface area contributed by atoms with Crippen LogP contribution in [0.4, 0.5) is 0 Å². The molecule has 0 fully saturated rings. The number of hydrogen-bond donors (Lipinski definition) is 0. The van der Waals surface area contributed by atoms with Crippen molar-refractivity contribution >= 4 is 27.5 Å². The fraction of sp³-hybridized carbons (Fsp3) is 0.538. The molecule has 0 aliphatic carbocycles. The Balaban J connectivity index is 2.56. The summed E-state index contributed by atoms with van der Waals surface area (Å²) in [5.74, 6) is 1.16. The van der Waals surface area contributed by atoms with Crippen LogP contribution in [-0.2, 0) is 11.2 Å². The monoisotopic (exact) mass is 304 g/mol. The Hall–Kier alpha value is -0.0500. The van der Waals surface area contributed by atoms with E-state index in [-0.39, 0.29) is 6.10 Å². The molecule has 0 radical (unpaired) electrons. The summed E-state index contributed by atoms with van der Waals surface area (Å²) in [7, 11) is 1.75. The Morgan fingerprint density at radius 3 is 2.75 bits per heavy atom. The van der Waals surface area contributed by atoms with Crippen LogP contribution < -0.4 is 0 Å². The molecule has 16 heavy (non-hydrogen) atoms. The van der Waals surface area contributed by atoms with E-state index in [1.54, 1.807) is 7.11 Å². The zero-order chi connectivity index (χ0) is 12.0. The van der Waals surface area contributed by atoms with Gasteiger partial charge in [-0.2, -0.15) is 0 Å². The molecule has 2 unspecified atom stereocenters. The molecule has 0 aliphatic rings. The maximum atomic E-state index is 5.99. The number of rotatable bonds is 6. The van der Waals surface area contributed by atoms with E-state index in [2.05, 4.69) is 41.1 Å². The molecule has 2 atom stereocenters. The van der Waals surface area contributed by atoms with Crippen LogP contribution in [0.15, 0.2) is 28.7 Å². The fourth-order valence-corrected chi connectivity index (χ4v) is 2.45. The van der Waals surface area contributed by atoms with Gasteiger partial charge in [-0.05, 0) is 43.4 Å². The average molecular weight is 306 g/mol. The van der Waals surface area contributed by atoms with E-state index in [1.165, 1.54) is 5.56 Å². The highest BCUT2D eigenvalue weighted by Gasteiger charge is 2.12. The van der Waals surface area contributed by atoms with Crippen LogP contribution in [0, 0.1) is 5.92 Å². The Labute approximate surface area is 111 Å². The van der Waals surface area contributed by atoms with Crippen molar-refractivity contribution in [3.05, 3.63) is 34.3 Å². The molecule has 0 bridgehead atoms. The van der Waals surface area contributed by atoms with Gasteiger partial charge in [0.15, 0.2) is 0 Å². The van der Waals surface area contributed by atoms with Crippen molar-refractivity contribution in [3.63, 3.8) is 0 Å². The van der Waals surface area contributed by atoms with E-state index in [4.69, 9.17) is 16.3 Å². The standard InChI is InChI=1S/C13H18BrClO/c1-10(16-2)6-12(9-15)7-11-4-3-5-13(14)8-11/h3-5,8,10,12H,6-7,9H2,1-2H3. The van der Waals surface area contributed by atoms with Crippen LogP contribution in [0.1, 0.15) is 18.9 Å². The van der Waals surface area contributed by atoms with Crippen molar-refractivity contribution in [1.82, 2.24) is 0 Å². The summed E-state index contributed by atoms with van der Waals surface area (Å²) in [6, 6.07) is 8.39. The highest BCUT2D eigenvalue weighted by molar-refractivity contribution is 9.10. The Morgan fingerprint density at radius 1 is 1.44 bits per heavy atom. The molecule has 0 aliphatic heterocycles. The number of halogens is 2. The molecular formula is C13H18BrClO. The first kappa shape index (κ1) is 14.0. The van der Waals surface area contributed by atoms with Gasteiger partial charge in [0.25, 0.3) is 0 Å². The zero-order valence-corrected chi connectivity index (χ0v) is 12.1. The molecule has 1 rings (SSSR count). The number of benzene rings is 1. The third-order valence-corrected chi connectivity index (χ3v) is 3.63. The van der Waals surface area contributed by atoms with Gasteiger partial charge in [0.05, 0.1) is 6.10 Å². The van der Waals surface area contributed by atoms with Gasteiger partial charge in [0.1, 0.15) is 0 Å². The first-order valence-electron chi connectivity index (χ1n) is 5.49. The van der Waals surface area contributed by atoms with Gasteiger partial charge < -0.3 is 4.74 Å². The molecule has 0 heterocycles. The number of methoxy groups -OCH3 is 1. The molecule has 0 aromatic heterocycles. The minimum atomic E-state index is 0.274. The fourth-order valence-electron chi connectivity index (χ4n) is 1.76. The van der Waals surface area contributed by atoms with Gasteiger partial charge in [-0.25, -0.2) is 0 Å². The maximum Gasteiger partial charge on any atom is 0.0546 e. The van der Waals surface area contributed by atoms with Crippen LogP contribution in [0.2, 0.25) is 0 Å². The largest absolute Gasteiger partial charge is 0.382 e. The summed E-state index contributed by atoms with van der Waals surface area (Å²) in [5.41, 5.74) is 1.32. The second kappa shape index (κ2) is 7.31. The average Bonchev–Trinajstić information content (AvgIpc) is 2.28. The molecule has 0 saturated heterocycles. The molecule has 90 valence electrons. The molecule has 0 saturated carbocycles. The SMILES string of the molecule is COC(C)CC(CCl)Cc1cccc(Br)c1. The number of ether oxygens (including phenoxy) is 1. The predicted octanol–water partition coefficient (Wildman–Crippen LogP) is 4.27. The van der Waals surface area contributed by atoms with Crippen LogP contribution in [0.3, 0.4) is 0 Å². The van der Waals surface area contributed by atoms with Gasteiger partial charge in [0, 0.05) is 17.5 Å². The van der Waals surface area contributed by atoms with Crippen molar-refractivity contribution in [2.45, 2.75) is 25.9 Å². The topological polar surface area (TPSA) is 9.23 Å². The normalized spacial score (nSPS) is 14.8. The van der Waals surface area contributed by atoms with Gasteiger partial charge >= 0.3 is 0 Å². The van der Waals surface area contributed by atoms with Crippen molar-refractivity contribution in [3.8, 4) is 0 Å². The van der Waals surface area contributed by atoms with Crippen LogP contribution in [-0.4, -0.2) is 19.1 Å². The van der Waals surface area contributed by atoms with Crippen molar-refractivity contribution in [1.29, 1.82) is 0 Å². The molecule has 1 aromatic carbocycles. The molecule has 1 aromatic rings. The molecular weight excluding hydrogens is 287 g/mol. The van der Waals surface area contributed by atoms with E-state index in [0.29, 0.717) is 11.8 Å². The Morgan fingerprint density at radius 2 is 2.19 bits per heavy atom. The third kappa shape index (κ3) is 4.86. The second-order valence-corrected chi connectivity index (χ2v) is 5.36. The molecule has 3 heteroatoms. The van der Waals surface area contributed by atoms with Gasteiger partial charge in [-0.15, -0.1) is 11.6 Å². The molecule has 1 nitrogen and oxygen atoms in total. The van der Waals surface area contributed by atoms with E-state index in [1.807, 2.05) is 6.07 Å². The highest BCUT2D eigenvalue weighted by atomic mass is 79.9.